The molecule has 1 N–H and O–H groups in total. The fourth-order valence-electron chi connectivity index (χ4n) is 1.94. The minimum Gasteiger partial charge on any atom is -0.495 e. The SMILES string of the molecule is CCC(CC)S(=O)(=O)c1cc(C(=O)O)ccc1OC. The van der Waals surface area contributed by atoms with Gasteiger partial charge in [-0.25, -0.2) is 13.2 Å². The van der Waals surface area contributed by atoms with E-state index in [4.69, 9.17) is 9.84 Å². The lowest BCUT2D eigenvalue weighted by Crippen LogP contribution is -2.21. The van der Waals surface area contributed by atoms with Crippen molar-refractivity contribution in [1.82, 2.24) is 0 Å². The summed E-state index contributed by atoms with van der Waals surface area (Å²) in [7, 11) is -2.23. The Labute approximate surface area is 113 Å². The van der Waals surface area contributed by atoms with Crippen molar-refractivity contribution in [3.05, 3.63) is 23.8 Å². The van der Waals surface area contributed by atoms with E-state index in [2.05, 4.69) is 0 Å². The van der Waals surface area contributed by atoms with Crippen LogP contribution >= 0.6 is 0 Å². The molecule has 5 nitrogen and oxygen atoms in total. The lowest BCUT2D eigenvalue weighted by Gasteiger charge is -2.16. The van der Waals surface area contributed by atoms with Crippen LogP contribution in [0.2, 0.25) is 0 Å². The normalized spacial score (nSPS) is 11.6. The van der Waals surface area contributed by atoms with Crippen molar-refractivity contribution >= 4 is 15.8 Å². The van der Waals surface area contributed by atoms with E-state index in [0.29, 0.717) is 12.8 Å². The molecule has 0 aliphatic heterocycles. The monoisotopic (exact) mass is 286 g/mol. The van der Waals surface area contributed by atoms with E-state index >= 15 is 0 Å². The van der Waals surface area contributed by atoms with Crippen LogP contribution in [0.4, 0.5) is 0 Å². The highest BCUT2D eigenvalue weighted by Gasteiger charge is 2.28. The van der Waals surface area contributed by atoms with Crippen molar-refractivity contribution in [2.45, 2.75) is 36.8 Å². The molecule has 1 aromatic carbocycles. The highest BCUT2D eigenvalue weighted by atomic mass is 32.2. The maximum absolute atomic E-state index is 12.5. The highest BCUT2D eigenvalue weighted by Crippen LogP contribution is 2.30. The van der Waals surface area contributed by atoms with Gasteiger partial charge in [-0.15, -0.1) is 0 Å². The Morgan fingerprint density at radius 3 is 2.32 bits per heavy atom. The molecule has 19 heavy (non-hydrogen) atoms. The predicted octanol–water partition coefficient (Wildman–Crippen LogP) is 2.36. The molecule has 106 valence electrons. The van der Waals surface area contributed by atoms with Gasteiger partial charge in [-0.1, -0.05) is 13.8 Å². The van der Waals surface area contributed by atoms with Crippen LogP contribution in [0.3, 0.4) is 0 Å². The summed E-state index contributed by atoms with van der Waals surface area (Å²) in [5.41, 5.74) is -0.0645. The van der Waals surface area contributed by atoms with Crippen LogP contribution < -0.4 is 4.74 Å². The molecule has 0 amide bonds. The first kappa shape index (κ1) is 15.5. The van der Waals surface area contributed by atoms with Crippen LogP contribution in [0, 0.1) is 0 Å². The van der Waals surface area contributed by atoms with Crippen LogP contribution in [0.1, 0.15) is 37.0 Å². The smallest absolute Gasteiger partial charge is 0.335 e. The number of carbonyl (C=O) groups is 1. The van der Waals surface area contributed by atoms with Gasteiger partial charge in [-0.2, -0.15) is 0 Å². The van der Waals surface area contributed by atoms with Crippen LogP contribution in [0.5, 0.6) is 5.75 Å². The summed E-state index contributed by atoms with van der Waals surface area (Å²) in [4.78, 5) is 10.9. The predicted molar refractivity (Wildman–Crippen MR) is 71.5 cm³/mol. The van der Waals surface area contributed by atoms with Gasteiger partial charge in [0, 0.05) is 0 Å². The van der Waals surface area contributed by atoms with Gasteiger partial charge in [-0.05, 0) is 31.0 Å². The van der Waals surface area contributed by atoms with Gasteiger partial charge in [-0.3, -0.25) is 0 Å². The lowest BCUT2D eigenvalue weighted by atomic mass is 10.2. The summed E-state index contributed by atoms with van der Waals surface area (Å²) < 4.78 is 30.0. The summed E-state index contributed by atoms with van der Waals surface area (Å²) in [6.07, 6.45) is 0.943. The van der Waals surface area contributed by atoms with Crippen LogP contribution in [0.25, 0.3) is 0 Å². The number of rotatable bonds is 6. The zero-order valence-electron chi connectivity index (χ0n) is 11.2. The second-order valence-electron chi connectivity index (χ2n) is 4.15. The van der Waals surface area contributed by atoms with Gasteiger partial charge in [0.15, 0.2) is 9.84 Å². The number of benzene rings is 1. The molecule has 0 unspecified atom stereocenters. The van der Waals surface area contributed by atoms with E-state index in [1.807, 2.05) is 0 Å². The Bertz CT molecular complexity index is 558. The Morgan fingerprint density at radius 1 is 1.32 bits per heavy atom. The van der Waals surface area contributed by atoms with Crippen LogP contribution in [-0.4, -0.2) is 31.9 Å². The minimum atomic E-state index is -3.59. The molecule has 6 heteroatoms. The maximum Gasteiger partial charge on any atom is 0.335 e. The average molecular weight is 286 g/mol. The molecule has 0 heterocycles. The Balaban J connectivity index is 3.46. The molecule has 0 aliphatic carbocycles. The van der Waals surface area contributed by atoms with Crippen molar-refractivity contribution in [3.8, 4) is 5.75 Å². The fraction of sp³-hybridized carbons (Fsp3) is 0.462. The topological polar surface area (TPSA) is 80.7 Å². The third-order valence-electron chi connectivity index (χ3n) is 3.07. The summed E-state index contributed by atoms with van der Waals surface area (Å²) in [6, 6.07) is 3.86. The first-order valence-electron chi connectivity index (χ1n) is 6.03. The van der Waals surface area contributed by atoms with Crippen LogP contribution in [0.15, 0.2) is 23.1 Å². The number of sulfone groups is 1. The first-order valence-corrected chi connectivity index (χ1v) is 7.58. The van der Waals surface area contributed by atoms with Crippen molar-refractivity contribution < 1.29 is 23.1 Å². The fourth-order valence-corrected chi connectivity index (χ4v) is 3.90. The van der Waals surface area contributed by atoms with Gasteiger partial charge in [0.25, 0.3) is 0 Å². The second-order valence-corrected chi connectivity index (χ2v) is 6.35. The number of aromatic carboxylic acids is 1. The third kappa shape index (κ3) is 3.07. The largest absolute Gasteiger partial charge is 0.495 e. The third-order valence-corrected chi connectivity index (χ3v) is 5.54. The molecule has 1 rings (SSSR count). The number of methoxy groups -OCH3 is 1. The summed E-state index contributed by atoms with van der Waals surface area (Å²) in [5, 5.41) is 8.42. The second kappa shape index (κ2) is 6.06. The minimum absolute atomic E-state index is 0.0522. The summed E-state index contributed by atoms with van der Waals surface area (Å²) >= 11 is 0. The molecule has 0 atom stereocenters. The Kier molecular flexibility index (Phi) is 4.94. The molecule has 0 saturated heterocycles. The Hall–Kier alpha value is -1.56. The molecular formula is C13H18O5S. The molecule has 0 fully saturated rings. The van der Waals surface area contributed by atoms with Crippen molar-refractivity contribution in [2.75, 3.05) is 7.11 Å². The number of hydrogen-bond acceptors (Lipinski definition) is 4. The molecule has 0 aromatic heterocycles. The maximum atomic E-state index is 12.5. The van der Waals surface area contributed by atoms with Crippen molar-refractivity contribution in [1.29, 1.82) is 0 Å². The van der Waals surface area contributed by atoms with E-state index in [9.17, 15) is 13.2 Å². The molecule has 0 radical (unpaired) electrons. The molecule has 1 aromatic rings. The molecular weight excluding hydrogens is 268 g/mol. The number of carboxylic acids is 1. The summed E-state index contributed by atoms with van der Waals surface area (Å²) in [6.45, 7) is 3.58. The van der Waals surface area contributed by atoms with Gasteiger partial charge >= 0.3 is 5.97 Å². The van der Waals surface area contributed by atoms with Gasteiger partial charge in [0.05, 0.1) is 17.9 Å². The van der Waals surface area contributed by atoms with Gasteiger partial charge < -0.3 is 9.84 Å². The standard InChI is InChI=1S/C13H18O5S/c1-4-10(5-2)19(16,17)12-8-9(13(14)15)6-7-11(12)18-3/h6-8,10H,4-5H2,1-3H3,(H,14,15). The quantitative estimate of drug-likeness (QED) is 0.868. The zero-order valence-corrected chi connectivity index (χ0v) is 12.0. The van der Waals surface area contributed by atoms with Crippen molar-refractivity contribution in [2.24, 2.45) is 0 Å². The van der Waals surface area contributed by atoms with Gasteiger partial charge in [0.2, 0.25) is 0 Å². The van der Waals surface area contributed by atoms with E-state index in [0.717, 1.165) is 6.07 Å². The van der Waals surface area contributed by atoms with Gasteiger partial charge in [0.1, 0.15) is 10.6 Å². The molecule has 0 bridgehead atoms. The molecule has 0 aliphatic rings. The number of ether oxygens (including phenoxy) is 1. The van der Waals surface area contributed by atoms with E-state index in [1.165, 1.54) is 19.2 Å². The van der Waals surface area contributed by atoms with E-state index in [1.54, 1.807) is 13.8 Å². The first-order chi connectivity index (χ1) is 8.88. The Morgan fingerprint density at radius 2 is 1.89 bits per heavy atom. The van der Waals surface area contributed by atoms with E-state index in [-0.39, 0.29) is 16.2 Å². The number of hydrogen-bond donors (Lipinski definition) is 1. The van der Waals surface area contributed by atoms with E-state index < -0.39 is 21.1 Å². The summed E-state index contributed by atoms with van der Waals surface area (Å²) in [5.74, 6) is -0.986. The van der Waals surface area contributed by atoms with Crippen molar-refractivity contribution in [3.63, 3.8) is 0 Å². The molecule has 0 spiro atoms. The van der Waals surface area contributed by atoms with Crippen LogP contribution in [-0.2, 0) is 9.84 Å². The highest BCUT2D eigenvalue weighted by molar-refractivity contribution is 7.92. The molecule has 0 saturated carbocycles. The average Bonchev–Trinajstić information content (AvgIpc) is 2.38. The lowest BCUT2D eigenvalue weighted by molar-refractivity contribution is 0.0696. The zero-order chi connectivity index (χ0) is 14.6. The number of carboxylic acid groups (broad SMARTS) is 1.